The zero-order valence-corrected chi connectivity index (χ0v) is 32.5. The number of hydrogen-bond acceptors (Lipinski definition) is 0. The van der Waals surface area contributed by atoms with Crippen LogP contribution in [0.2, 0.25) is 0 Å². The normalized spacial score (nSPS) is 12.0. The van der Waals surface area contributed by atoms with E-state index in [0.29, 0.717) is 0 Å². The molecule has 0 nitrogen and oxygen atoms in total. The molecule has 12 rings (SSSR count). The Hall–Kier alpha value is -7.28. The summed E-state index contributed by atoms with van der Waals surface area (Å²) in [4.78, 5) is 0. The minimum absolute atomic E-state index is 1.24. The SMILES string of the molecule is Cc1cc(-c2cccc3c(-c4c5ccccc5c(-c5cc6ccccc6c6cc(C)ccc56)c5ccccc45)c4ccccc4cc23)c2cc3ccccc3cc2c1. The standard InChI is InChI=1S/C58H38/c1-35-26-27-45-52(29-35)42-18-7-5-16-39(42)34-55(45)56-46-20-9-11-22-48(46)58(49-23-12-10-21-47(49)56)57-43-19-8-6-17-40(43)33-54-44(24-13-25-50(54)57)53-30-36(2)28-41-31-37-14-3-4-15-38(37)32-51(41)53/h3-34H,1-2H3. The first-order valence-electron chi connectivity index (χ1n) is 20.3. The van der Waals surface area contributed by atoms with Crippen LogP contribution in [0.25, 0.3) is 120 Å². The van der Waals surface area contributed by atoms with E-state index in [1.807, 2.05) is 0 Å². The fraction of sp³-hybridized carbons (Fsp3) is 0.0345. The zero-order chi connectivity index (χ0) is 38.5. The van der Waals surface area contributed by atoms with Crippen molar-refractivity contribution in [2.75, 3.05) is 0 Å². The van der Waals surface area contributed by atoms with Crippen LogP contribution in [0.15, 0.2) is 194 Å². The van der Waals surface area contributed by atoms with Gasteiger partial charge in [-0.3, -0.25) is 0 Å². The summed E-state index contributed by atoms with van der Waals surface area (Å²) in [5, 5.41) is 20.3. The molecule has 0 heterocycles. The molecule has 0 atom stereocenters. The smallest absolute Gasteiger partial charge is 0.00139 e. The zero-order valence-electron chi connectivity index (χ0n) is 32.5. The lowest BCUT2D eigenvalue weighted by Crippen LogP contribution is -1.94. The number of benzene rings is 12. The second kappa shape index (κ2) is 12.6. The van der Waals surface area contributed by atoms with Gasteiger partial charge in [-0.05, 0) is 163 Å². The Kier molecular flexibility index (Phi) is 7.16. The molecule has 0 bridgehead atoms. The molecule has 0 saturated carbocycles. The van der Waals surface area contributed by atoms with Gasteiger partial charge in [0.2, 0.25) is 0 Å². The van der Waals surface area contributed by atoms with Gasteiger partial charge in [-0.15, -0.1) is 0 Å². The molecule has 0 saturated heterocycles. The summed E-state index contributed by atoms with van der Waals surface area (Å²) in [7, 11) is 0. The highest BCUT2D eigenvalue weighted by molar-refractivity contribution is 6.30. The van der Waals surface area contributed by atoms with Gasteiger partial charge in [0.05, 0.1) is 0 Å². The van der Waals surface area contributed by atoms with Crippen LogP contribution < -0.4 is 0 Å². The third kappa shape index (κ3) is 4.88. The Balaban J connectivity index is 1.22. The van der Waals surface area contributed by atoms with Gasteiger partial charge in [-0.25, -0.2) is 0 Å². The van der Waals surface area contributed by atoms with Crippen LogP contribution in [-0.4, -0.2) is 0 Å². The lowest BCUT2D eigenvalue weighted by atomic mass is 9.81. The largest absolute Gasteiger partial charge is 0.0616 e. The van der Waals surface area contributed by atoms with E-state index in [-0.39, 0.29) is 0 Å². The summed E-state index contributed by atoms with van der Waals surface area (Å²) >= 11 is 0. The van der Waals surface area contributed by atoms with Crippen LogP contribution in [-0.2, 0) is 0 Å². The van der Waals surface area contributed by atoms with Crippen molar-refractivity contribution in [3.63, 3.8) is 0 Å². The Labute approximate surface area is 337 Å². The maximum absolute atomic E-state index is 2.43. The van der Waals surface area contributed by atoms with Crippen molar-refractivity contribution in [3.8, 4) is 33.4 Å². The highest BCUT2D eigenvalue weighted by Crippen LogP contribution is 2.50. The number of aryl methyl sites for hydroxylation is 2. The average molecular weight is 735 g/mol. The highest BCUT2D eigenvalue weighted by atomic mass is 14.3. The lowest BCUT2D eigenvalue weighted by molar-refractivity contribution is 1.50. The second-order valence-electron chi connectivity index (χ2n) is 16.1. The number of rotatable bonds is 3. The van der Waals surface area contributed by atoms with Crippen molar-refractivity contribution in [3.05, 3.63) is 205 Å². The minimum atomic E-state index is 1.24. The first-order chi connectivity index (χ1) is 28.6. The predicted molar refractivity (Wildman–Crippen MR) is 252 cm³/mol. The average Bonchev–Trinajstić information content (AvgIpc) is 3.26. The molecular weight excluding hydrogens is 697 g/mol. The van der Waals surface area contributed by atoms with Crippen molar-refractivity contribution in [1.82, 2.24) is 0 Å². The molecule has 0 fully saturated rings. The van der Waals surface area contributed by atoms with E-state index in [4.69, 9.17) is 0 Å². The Morgan fingerprint density at radius 3 is 1.43 bits per heavy atom. The van der Waals surface area contributed by atoms with Crippen LogP contribution in [0.3, 0.4) is 0 Å². The van der Waals surface area contributed by atoms with Gasteiger partial charge in [-0.1, -0.05) is 175 Å². The molecule has 0 aliphatic carbocycles. The number of hydrogen-bond donors (Lipinski definition) is 0. The van der Waals surface area contributed by atoms with E-state index in [9.17, 15) is 0 Å². The molecule has 270 valence electrons. The molecule has 58 heavy (non-hydrogen) atoms. The van der Waals surface area contributed by atoms with Crippen molar-refractivity contribution in [2.24, 2.45) is 0 Å². The number of fused-ring (bicyclic) bond motifs is 9. The second-order valence-corrected chi connectivity index (χ2v) is 16.1. The third-order valence-electron chi connectivity index (χ3n) is 12.6. The highest BCUT2D eigenvalue weighted by Gasteiger charge is 2.23. The fourth-order valence-corrected chi connectivity index (χ4v) is 10.1. The summed E-state index contributed by atoms with van der Waals surface area (Å²) < 4.78 is 0. The molecule has 12 aromatic rings. The molecule has 0 radical (unpaired) electrons. The van der Waals surface area contributed by atoms with E-state index in [0.717, 1.165) is 0 Å². The van der Waals surface area contributed by atoms with E-state index >= 15 is 0 Å². The van der Waals surface area contributed by atoms with Crippen molar-refractivity contribution in [2.45, 2.75) is 13.8 Å². The summed E-state index contributed by atoms with van der Waals surface area (Å²) in [6.07, 6.45) is 0. The van der Waals surface area contributed by atoms with E-state index in [2.05, 4.69) is 208 Å². The monoisotopic (exact) mass is 734 g/mol. The Morgan fingerprint density at radius 1 is 0.207 bits per heavy atom. The molecule has 0 aliphatic rings. The first-order valence-corrected chi connectivity index (χ1v) is 20.3. The maximum Gasteiger partial charge on any atom is -0.00139 e. The summed E-state index contributed by atoms with van der Waals surface area (Å²) in [5.74, 6) is 0. The Bertz CT molecular complexity index is 3640. The summed E-state index contributed by atoms with van der Waals surface area (Å²) in [6, 6.07) is 73.0. The molecular formula is C58H38. The van der Waals surface area contributed by atoms with Crippen molar-refractivity contribution >= 4 is 86.2 Å². The van der Waals surface area contributed by atoms with E-state index in [1.165, 1.54) is 131 Å². The molecule has 12 aromatic carbocycles. The van der Waals surface area contributed by atoms with Gasteiger partial charge in [0.15, 0.2) is 0 Å². The first kappa shape index (κ1) is 32.9. The van der Waals surface area contributed by atoms with Gasteiger partial charge in [0, 0.05) is 0 Å². The van der Waals surface area contributed by atoms with E-state index < -0.39 is 0 Å². The topological polar surface area (TPSA) is 0 Å². The van der Waals surface area contributed by atoms with Crippen molar-refractivity contribution < 1.29 is 0 Å². The third-order valence-corrected chi connectivity index (χ3v) is 12.6. The molecule has 0 unspecified atom stereocenters. The molecule has 0 N–H and O–H groups in total. The van der Waals surface area contributed by atoms with Crippen LogP contribution >= 0.6 is 0 Å². The van der Waals surface area contributed by atoms with Crippen molar-refractivity contribution in [1.29, 1.82) is 0 Å². The van der Waals surface area contributed by atoms with Gasteiger partial charge < -0.3 is 0 Å². The molecule has 0 amide bonds. The Morgan fingerprint density at radius 2 is 0.724 bits per heavy atom. The lowest BCUT2D eigenvalue weighted by Gasteiger charge is -2.22. The van der Waals surface area contributed by atoms with Gasteiger partial charge in [-0.2, -0.15) is 0 Å². The fourth-order valence-electron chi connectivity index (χ4n) is 10.1. The van der Waals surface area contributed by atoms with Gasteiger partial charge in [0.25, 0.3) is 0 Å². The minimum Gasteiger partial charge on any atom is -0.0616 e. The van der Waals surface area contributed by atoms with Crippen LogP contribution in [0.5, 0.6) is 0 Å². The summed E-state index contributed by atoms with van der Waals surface area (Å²) in [5.41, 5.74) is 10.2. The maximum atomic E-state index is 2.43. The molecule has 0 aliphatic heterocycles. The van der Waals surface area contributed by atoms with Crippen LogP contribution in [0.4, 0.5) is 0 Å². The summed E-state index contributed by atoms with van der Waals surface area (Å²) in [6.45, 7) is 4.42. The molecule has 0 spiro atoms. The van der Waals surface area contributed by atoms with Gasteiger partial charge >= 0.3 is 0 Å². The quantitative estimate of drug-likeness (QED) is 0.125. The molecule has 0 aromatic heterocycles. The predicted octanol–water partition coefficient (Wildman–Crippen LogP) is 16.5. The molecule has 0 heteroatoms. The van der Waals surface area contributed by atoms with E-state index in [1.54, 1.807) is 0 Å². The van der Waals surface area contributed by atoms with Gasteiger partial charge in [0.1, 0.15) is 0 Å². The van der Waals surface area contributed by atoms with Crippen LogP contribution in [0, 0.1) is 13.8 Å². The van der Waals surface area contributed by atoms with Crippen LogP contribution in [0.1, 0.15) is 11.1 Å².